The molecule has 1 heterocycles. The minimum absolute atomic E-state index is 0.0604. The summed E-state index contributed by atoms with van der Waals surface area (Å²) in [6.07, 6.45) is 6.89. The summed E-state index contributed by atoms with van der Waals surface area (Å²) in [7, 11) is 0. The molecule has 162 valence electrons. The second-order valence-corrected chi connectivity index (χ2v) is 8.05. The number of hydrogen-bond acceptors (Lipinski definition) is 4. The van der Waals surface area contributed by atoms with E-state index in [1.165, 1.54) is 19.3 Å². The molecule has 1 aliphatic heterocycles. The van der Waals surface area contributed by atoms with Crippen LogP contribution in [0.25, 0.3) is 0 Å². The number of rotatable bonds is 9. The normalized spacial score (nSPS) is 18.4. The molecule has 2 amide bonds. The van der Waals surface area contributed by atoms with Gasteiger partial charge in [-0.25, -0.2) is 4.79 Å². The van der Waals surface area contributed by atoms with Gasteiger partial charge in [-0.15, -0.1) is 0 Å². The van der Waals surface area contributed by atoms with Crippen molar-refractivity contribution in [1.29, 1.82) is 0 Å². The van der Waals surface area contributed by atoms with Crippen LogP contribution in [0.1, 0.15) is 51.0 Å². The lowest BCUT2D eigenvalue weighted by Gasteiger charge is -2.30. The number of carbonyl (C=O) groups is 1. The zero-order valence-corrected chi connectivity index (χ0v) is 17.9. The molecule has 1 N–H and O–H groups in total. The molecule has 0 aromatic heterocycles. The van der Waals surface area contributed by atoms with E-state index >= 15 is 0 Å². The third-order valence-electron chi connectivity index (χ3n) is 5.86. The summed E-state index contributed by atoms with van der Waals surface area (Å²) in [5.41, 5.74) is 1.07. The van der Waals surface area contributed by atoms with E-state index in [1.54, 1.807) is 0 Å². The van der Waals surface area contributed by atoms with E-state index in [4.69, 9.17) is 9.47 Å². The number of amides is 2. The molecule has 3 rings (SSSR count). The molecule has 1 aromatic carbocycles. The van der Waals surface area contributed by atoms with Gasteiger partial charge in [0.15, 0.2) is 0 Å². The van der Waals surface area contributed by atoms with Crippen molar-refractivity contribution in [1.82, 2.24) is 15.1 Å². The lowest BCUT2D eigenvalue weighted by molar-refractivity contribution is 0.0364. The van der Waals surface area contributed by atoms with Gasteiger partial charge in [-0.1, -0.05) is 37.5 Å². The van der Waals surface area contributed by atoms with Crippen LogP contribution >= 0.6 is 0 Å². The van der Waals surface area contributed by atoms with E-state index in [1.807, 2.05) is 30.0 Å². The Morgan fingerprint density at radius 3 is 2.72 bits per heavy atom. The fraction of sp³-hybridized carbons (Fsp3) is 0.696. The fourth-order valence-electron chi connectivity index (χ4n) is 4.21. The second kappa shape index (κ2) is 12.0. The molecule has 0 atom stereocenters. The molecule has 0 radical (unpaired) electrons. The van der Waals surface area contributed by atoms with Gasteiger partial charge >= 0.3 is 6.03 Å². The van der Waals surface area contributed by atoms with Crippen molar-refractivity contribution in [2.45, 2.75) is 58.0 Å². The number of nitrogens with one attached hydrogen (secondary N) is 1. The van der Waals surface area contributed by atoms with Crippen LogP contribution in [0.15, 0.2) is 24.3 Å². The number of ether oxygens (including phenoxy) is 2. The number of urea groups is 1. The molecule has 0 bridgehead atoms. The average Bonchev–Trinajstić information content (AvgIpc) is 2.76. The number of hydrogen-bond donors (Lipinski definition) is 1. The number of benzene rings is 1. The van der Waals surface area contributed by atoms with E-state index < -0.39 is 0 Å². The van der Waals surface area contributed by atoms with Crippen LogP contribution in [0.5, 0.6) is 5.75 Å². The molecule has 0 spiro atoms. The fourth-order valence-corrected chi connectivity index (χ4v) is 4.21. The topological polar surface area (TPSA) is 54.0 Å². The van der Waals surface area contributed by atoms with Gasteiger partial charge in [-0.05, 0) is 32.3 Å². The highest BCUT2D eigenvalue weighted by Crippen LogP contribution is 2.21. The van der Waals surface area contributed by atoms with Gasteiger partial charge in [-0.3, -0.25) is 4.90 Å². The summed E-state index contributed by atoms with van der Waals surface area (Å²) in [5, 5.41) is 3.29. The Morgan fingerprint density at radius 2 is 1.97 bits per heavy atom. The quantitative estimate of drug-likeness (QED) is 0.684. The van der Waals surface area contributed by atoms with Crippen molar-refractivity contribution in [2.24, 2.45) is 0 Å². The van der Waals surface area contributed by atoms with Gasteiger partial charge in [0.05, 0.1) is 26.4 Å². The summed E-state index contributed by atoms with van der Waals surface area (Å²) in [5.74, 6) is 0.874. The second-order valence-electron chi connectivity index (χ2n) is 8.05. The number of carbonyl (C=O) groups excluding carboxylic acids is 1. The van der Waals surface area contributed by atoms with Crippen LogP contribution in [0.2, 0.25) is 0 Å². The summed E-state index contributed by atoms with van der Waals surface area (Å²) in [6.45, 7) is 8.55. The smallest absolute Gasteiger partial charge is 0.317 e. The molecule has 0 unspecified atom stereocenters. The van der Waals surface area contributed by atoms with Gasteiger partial charge in [-0.2, -0.15) is 0 Å². The molecular weight excluding hydrogens is 366 g/mol. The monoisotopic (exact) mass is 403 g/mol. The van der Waals surface area contributed by atoms with Crippen molar-refractivity contribution in [3.05, 3.63) is 29.8 Å². The molecule has 29 heavy (non-hydrogen) atoms. The first kappa shape index (κ1) is 21.9. The summed E-state index contributed by atoms with van der Waals surface area (Å²) in [4.78, 5) is 17.5. The highest BCUT2D eigenvalue weighted by Gasteiger charge is 2.21. The Labute approximate surface area is 175 Å². The zero-order valence-electron chi connectivity index (χ0n) is 17.9. The van der Waals surface area contributed by atoms with Gasteiger partial charge < -0.3 is 19.7 Å². The van der Waals surface area contributed by atoms with Crippen molar-refractivity contribution in [2.75, 3.05) is 46.0 Å². The first-order valence-corrected chi connectivity index (χ1v) is 11.3. The SMILES string of the molecule is CCOc1ccccc1CN(CCCN1CCOCC1)C(=O)NC1CCCCC1. The zero-order chi connectivity index (χ0) is 20.3. The van der Waals surface area contributed by atoms with Crippen LogP contribution < -0.4 is 10.1 Å². The van der Waals surface area contributed by atoms with E-state index in [0.29, 0.717) is 19.2 Å². The van der Waals surface area contributed by atoms with Crippen LogP contribution in [0, 0.1) is 0 Å². The lowest BCUT2D eigenvalue weighted by atomic mass is 9.96. The van der Waals surface area contributed by atoms with Crippen LogP contribution in [0.3, 0.4) is 0 Å². The Morgan fingerprint density at radius 1 is 1.21 bits per heavy atom. The lowest BCUT2D eigenvalue weighted by Crippen LogP contribution is -2.46. The maximum Gasteiger partial charge on any atom is 0.317 e. The van der Waals surface area contributed by atoms with Gasteiger partial charge in [0.25, 0.3) is 0 Å². The van der Waals surface area contributed by atoms with E-state index in [2.05, 4.69) is 16.3 Å². The summed E-state index contributed by atoms with van der Waals surface area (Å²) in [6, 6.07) is 8.44. The van der Waals surface area contributed by atoms with Crippen molar-refractivity contribution in [3.8, 4) is 5.75 Å². The standard InChI is InChI=1S/C23H37N3O3/c1-2-29-22-12-7-6-9-20(22)19-26(14-8-13-25-15-17-28-18-16-25)23(27)24-21-10-4-3-5-11-21/h6-7,9,12,21H,2-5,8,10-11,13-19H2,1H3,(H,24,27). The van der Waals surface area contributed by atoms with Crippen LogP contribution in [-0.2, 0) is 11.3 Å². The third-order valence-corrected chi connectivity index (χ3v) is 5.86. The molecular formula is C23H37N3O3. The Hall–Kier alpha value is -1.79. The predicted molar refractivity (Wildman–Crippen MR) is 115 cm³/mol. The highest BCUT2D eigenvalue weighted by atomic mass is 16.5. The first-order chi connectivity index (χ1) is 14.3. The first-order valence-electron chi connectivity index (χ1n) is 11.3. The van der Waals surface area contributed by atoms with Crippen LogP contribution in [-0.4, -0.2) is 67.9 Å². The van der Waals surface area contributed by atoms with Crippen molar-refractivity contribution >= 4 is 6.03 Å². The van der Waals surface area contributed by atoms with Crippen LogP contribution in [0.4, 0.5) is 4.79 Å². The average molecular weight is 404 g/mol. The molecule has 1 aromatic rings. The summed E-state index contributed by atoms with van der Waals surface area (Å²) >= 11 is 0. The Bertz CT molecular complexity index is 613. The van der Waals surface area contributed by atoms with Crippen molar-refractivity contribution in [3.63, 3.8) is 0 Å². The Kier molecular flexibility index (Phi) is 9.09. The summed E-state index contributed by atoms with van der Waals surface area (Å²) < 4.78 is 11.2. The maximum absolute atomic E-state index is 13.1. The molecule has 1 aliphatic carbocycles. The maximum atomic E-state index is 13.1. The third kappa shape index (κ3) is 7.19. The molecule has 2 aliphatic rings. The molecule has 1 saturated carbocycles. The minimum Gasteiger partial charge on any atom is -0.494 e. The number of morpholine rings is 1. The highest BCUT2D eigenvalue weighted by molar-refractivity contribution is 5.74. The minimum atomic E-state index is 0.0604. The largest absolute Gasteiger partial charge is 0.494 e. The Balaban J connectivity index is 1.60. The molecule has 2 fully saturated rings. The van der Waals surface area contributed by atoms with E-state index in [-0.39, 0.29) is 6.03 Å². The van der Waals surface area contributed by atoms with Gasteiger partial charge in [0.2, 0.25) is 0 Å². The molecule has 6 nitrogen and oxygen atoms in total. The van der Waals surface area contributed by atoms with E-state index in [0.717, 1.165) is 70.0 Å². The van der Waals surface area contributed by atoms with Gasteiger partial charge in [0, 0.05) is 37.8 Å². The number of nitrogens with zero attached hydrogens (tertiary/aromatic N) is 2. The predicted octanol–water partition coefficient (Wildman–Crippen LogP) is 3.65. The number of para-hydroxylation sites is 1. The van der Waals surface area contributed by atoms with Crippen molar-refractivity contribution < 1.29 is 14.3 Å². The van der Waals surface area contributed by atoms with Gasteiger partial charge in [0.1, 0.15) is 5.75 Å². The molecule has 6 heteroatoms. The molecule has 1 saturated heterocycles. The van der Waals surface area contributed by atoms with E-state index in [9.17, 15) is 4.79 Å².